The highest BCUT2D eigenvalue weighted by atomic mass is 35.5. The van der Waals surface area contributed by atoms with Crippen LogP contribution in [0.4, 0.5) is 9.52 Å². The molecule has 11 heteroatoms. The first-order valence-electron chi connectivity index (χ1n) is 7.35. The molecule has 2 unspecified atom stereocenters. The van der Waals surface area contributed by atoms with Crippen LogP contribution in [0.5, 0.6) is 0 Å². The van der Waals surface area contributed by atoms with Crippen LogP contribution in [0.15, 0.2) is 24.3 Å². The minimum Gasteiger partial charge on any atom is -0.386 e. The number of nitrogens with zero attached hydrogens (tertiary/aromatic N) is 2. The van der Waals surface area contributed by atoms with Gasteiger partial charge in [-0.1, -0.05) is 58.8 Å². The second kappa shape index (κ2) is 9.22. The fraction of sp³-hybridized carbons (Fsp3) is 0.333. The maximum Gasteiger partial charge on any atom is 0.253 e. The minimum atomic E-state index is -1.35. The highest BCUT2D eigenvalue weighted by molar-refractivity contribution is 7.18. The summed E-state index contributed by atoms with van der Waals surface area (Å²) in [6, 6.07) is 5.31. The van der Waals surface area contributed by atoms with Gasteiger partial charge in [0.05, 0.1) is 6.04 Å². The molecule has 1 aromatic heterocycles. The fourth-order valence-corrected chi connectivity index (χ4v) is 2.96. The number of hydrogen-bond donors (Lipinski definition) is 3. The van der Waals surface area contributed by atoms with E-state index in [1.165, 1.54) is 18.3 Å². The Morgan fingerprint density at radius 3 is 2.46 bits per heavy atom. The average Bonchev–Trinajstić information content (AvgIpc) is 3.06. The minimum absolute atomic E-state index is 0.249. The van der Waals surface area contributed by atoms with Crippen molar-refractivity contribution in [1.82, 2.24) is 15.5 Å². The summed E-state index contributed by atoms with van der Waals surface area (Å²) in [4.78, 5) is 21.1. The Hall–Kier alpha value is -1.81. The summed E-state index contributed by atoms with van der Waals surface area (Å²) in [5.41, 5.74) is 1.10. The maximum atomic E-state index is 13.2. The Morgan fingerprint density at radius 1 is 1.27 bits per heavy atom. The van der Waals surface area contributed by atoms with Gasteiger partial charge in [-0.3, -0.25) is 9.59 Å². The van der Waals surface area contributed by atoms with Gasteiger partial charge in [0.25, 0.3) is 5.91 Å². The maximum absolute atomic E-state index is 13.2. The molecule has 0 aliphatic rings. The van der Waals surface area contributed by atoms with E-state index in [0.717, 1.165) is 0 Å². The number of aliphatic hydroxyl groups is 1. The quantitative estimate of drug-likeness (QED) is 0.596. The molecule has 1 heterocycles. The van der Waals surface area contributed by atoms with Crippen LogP contribution in [-0.2, 0) is 9.59 Å². The van der Waals surface area contributed by atoms with Gasteiger partial charge >= 0.3 is 0 Å². The third-order valence-corrected chi connectivity index (χ3v) is 4.56. The monoisotopic (exact) mass is 420 g/mol. The number of hydrogen-bond acceptors (Lipinski definition) is 6. The molecule has 0 radical (unpaired) electrons. The Bertz CT molecular complexity index is 773. The number of benzene rings is 1. The van der Waals surface area contributed by atoms with E-state index in [1.54, 1.807) is 24.3 Å². The van der Waals surface area contributed by atoms with E-state index in [2.05, 4.69) is 20.8 Å². The molecule has 0 saturated heterocycles. The SMILES string of the molecule is CC(=O)Nc1nnc(-c2ccc(C(O)C(CF)NC(=O)C(Cl)Cl)cc2)s1. The Kier molecular flexibility index (Phi) is 7.27. The van der Waals surface area contributed by atoms with Gasteiger partial charge in [0.15, 0.2) is 4.84 Å². The lowest BCUT2D eigenvalue weighted by Crippen LogP contribution is -2.43. The number of carbonyl (C=O) groups is 2. The number of aromatic nitrogens is 2. The molecule has 7 nitrogen and oxygen atoms in total. The van der Waals surface area contributed by atoms with Gasteiger partial charge in [-0.15, -0.1) is 10.2 Å². The molecular formula is C15H15Cl2FN4O3S. The molecular weight excluding hydrogens is 406 g/mol. The fourth-order valence-electron chi connectivity index (χ4n) is 2.04. The van der Waals surface area contributed by atoms with E-state index in [1.807, 2.05) is 0 Å². The third kappa shape index (κ3) is 5.34. The van der Waals surface area contributed by atoms with Gasteiger partial charge in [0.1, 0.15) is 17.8 Å². The van der Waals surface area contributed by atoms with Crippen molar-refractivity contribution in [3.8, 4) is 10.6 Å². The van der Waals surface area contributed by atoms with Crippen molar-refractivity contribution in [2.45, 2.75) is 23.9 Å². The van der Waals surface area contributed by atoms with Crippen LogP contribution >= 0.6 is 34.5 Å². The molecule has 2 amide bonds. The van der Waals surface area contributed by atoms with Crippen LogP contribution in [0.25, 0.3) is 10.6 Å². The molecule has 2 rings (SSSR count). The first-order chi connectivity index (χ1) is 12.3. The summed E-state index contributed by atoms with van der Waals surface area (Å²) in [5, 5.41) is 23.8. The molecule has 3 N–H and O–H groups in total. The standard InChI is InChI=1S/C15H15Cl2FN4O3S/c1-7(23)19-15-22-21-14(26-15)9-4-2-8(3-5-9)11(24)10(6-18)20-13(25)12(16)17/h2-5,10-12,24H,6H2,1H3,(H,20,25)(H,19,22,23). The molecule has 2 atom stereocenters. The van der Waals surface area contributed by atoms with Crippen LogP contribution in [0.2, 0.25) is 0 Å². The van der Waals surface area contributed by atoms with Crippen LogP contribution in [0.3, 0.4) is 0 Å². The summed E-state index contributed by atoms with van der Waals surface area (Å²) in [7, 11) is 0. The van der Waals surface area contributed by atoms with Crippen LogP contribution < -0.4 is 10.6 Å². The van der Waals surface area contributed by atoms with Crippen LogP contribution in [-0.4, -0.2) is 44.7 Å². The summed E-state index contributed by atoms with van der Waals surface area (Å²) in [5.74, 6) is -1.03. The van der Waals surface area contributed by atoms with Gasteiger partial charge in [-0.2, -0.15) is 0 Å². The van der Waals surface area contributed by atoms with Gasteiger partial charge < -0.3 is 15.7 Å². The lowest BCUT2D eigenvalue weighted by molar-refractivity contribution is -0.121. The topological polar surface area (TPSA) is 104 Å². The number of halogens is 3. The molecule has 2 aromatic rings. The third-order valence-electron chi connectivity index (χ3n) is 3.28. The molecule has 0 aliphatic carbocycles. The average molecular weight is 421 g/mol. The predicted octanol–water partition coefficient (Wildman–Crippen LogP) is 2.45. The molecule has 0 fully saturated rings. The number of anilines is 1. The van der Waals surface area contributed by atoms with E-state index in [-0.39, 0.29) is 5.91 Å². The summed E-state index contributed by atoms with van der Waals surface area (Å²) < 4.78 is 13.2. The Labute approximate surface area is 162 Å². The molecule has 140 valence electrons. The van der Waals surface area contributed by atoms with E-state index < -0.39 is 29.6 Å². The van der Waals surface area contributed by atoms with Crippen molar-refractivity contribution in [3.63, 3.8) is 0 Å². The zero-order chi connectivity index (χ0) is 19.3. The number of nitrogens with one attached hydrogen (secondary N) is 2. The zero-order valence-corrected chi connectivity index (χ0v) is 15.8. The van der Waals surface area contributed by atoms with Gasteiger partial charge in [-0.05, 0) is 5.56 Å². The van der Waals surface area contributed by atoms with Crippen molar-refractivity contribution >= 4 is 51.5 Å². The first kappa shape index (κ1) is 20.5. The van der Waals surface area contributed by atoms with E-state index in [9.17, 15) is 19.1 Å². The number of aliphatic hydroxyl groups excluding tert-OH is 1. The van der Waals surface area contributed by atoms with Gasteiger partial charge in [-0.25, -0.2) is 4.39 Å². The lowest BCUT2D eigenvalue weighted by Gasteiger charge is -2.22. The molecule has 1 aromatic carbocycles. The molecule has 0 bridgehead atoms. The van der Waals surface area contributed by atoms with Crippen molar-refractivity contribution in [3.05, 3.63) is 29.8 Å². The number of carbonyl (C=O) groups excluding carboxylic acids is 2. The Morgan fingerprint density at radius 2 is 1.92 bits per heavy atom. The smallest absolute Gasteiger partial charge is 0.253 e. The highest BCUT2D eigenvalue weighted by Crippen LogP contribution is 2.28. The van der Waals surface area contributed by atoms with Crippen molar-refractivity contribution in [2.24, 2.45) is 0 Å². The van der Waals surface area contributed by atoms with Crippen molar-refractivity contribution < 1.29 is 19.1 Å². The van der Waals surface area contributed by atoms with Crippen LogP contribution in [0.1, 0.15) is 18.6 Å². The summed E-state index contributed by atoms with van der Waals surface area (Å²) >= 11 is 12.0. The highest BCUT2D eigenvalue weighted by Gasteiger charge is 2.25. The lowest BCUT2D eigenvalue weighted by atomic mass is 10.0. The Balaban J connectivity index is 2.11. The molecule has 26 heavy (non-hydrogen) atoms. The van der Waals surface area contributed by atoms with Gasteiger partial charge in [0, 0.05) is 12.5 Å². The van der Waals surface area contributed by atoms with Crippen molar-refractivity contribution in [2.75, 3.05) is 12.0 Å². The van der Waals surface area contributed by atoms with E-state index in [4.69, 9.17) is 23.2 Å². The number of amides is 2. The van der Waals surface area contributed by atoms with E-state index in [0.29, 0.717) is 21.3 Å². The molecule has 0 spiro atoms. The number of rotatable bonds is 7. The second-order valence-corrected chi connectivity index (χ2v) is 7.30. The molecule has 0 aliphatic heterocycles. The van der Waals surface area contributed by atoms with Gasteiger partial charge in [0.2, 0.25) is 11.0 Å². The largest absolute Gasteiger partial charge is 0.386 e. The first-order valence-corrected chi connectivity index (χ1v) is 9.04. The summed E-state index contributed by atoms with van der Waals surface area (Å²) in [6.07, 6.45) is -1.28. The van der Waals surface area contributed by atoms with E-state index >= 15 is 0 Å². The van der Waals surface area contributed by atoms with Crippen molar-refractivity contribution in [1.29, 1.82) is 0 Å². The zero-order valence-electron chi connectivity index (χ0n) is 13.4. The van der Waals surface area contributed by atoms with Crippen LogP contribution in [0, 0.1) is 0 Å². The molecule has 0 saturated carbocycles. The predicted molar refractivity (Wildman–Crippen MR) is 98.0 cm³/mol. The normalized spacial score (nSPS) is 13.3. The number of alkyl halides is 3. The summed E-state index contributed by atoms with van der Waals surface area (Å²) in [6.45, 7) is 0.375. The second-order valence-electron chi connectivity index (χ2n) is 5.23.